The summed E-state index contributed by atoms with van der Waals surface area (Å²) >= 11 is 1.54. The number of methoxy groups -OCH3 is 2. The maximum atomic E-state index is 12.6. The van der Waals surface area contributed by atoms with Gasteiger partial charge in [-0.15, -0.1) is 0 Å². The molecule has 0 unspecified atom stereocenters. The molecular weight excluding hydrogens is 438 g/mol. The highest BCUT2D eigenvalue weighted by molar-refractivity contribution is 7.22. The Morgan fingerprint density at radius 1 is 1.09 bits per heavy atom. The minimum Gasteiger partial charge on any atom is -0.493 e. The zero-order chi connectivity index (χ0) is 23.5. The lowest BCUT2D eigenvalue weighted by molar-refractivity contribution is -0.119. The second-order valence-corrected chi connectivity index (χ2v) is 8.78. The van der Waals surface area contributed by atoms with Crippen LogP contribution in [-0.2, 0) is 11.3 Å². The van der Waals surface area contributed by atoms with Gasteiger partial charge < -0.3 is 19.7 Å². The quantitative estimate of drug-likeness (QED) is 0.426. The number of nitrogens with one attached hydrogen (secondary N) is 1. The van der Waals surface area contributed by atoms with Gasteiger partial charge in [0, 0.05) is 13.6 Å². The topological polar surface area (TPSA) is 81.5 Å². The van der Waals surface area contributed by atoms with Crippen LogP contribution in [0.2, 0.25) is 0 Å². The molecule has 0 radical (unpaired) electrons. The van der Waals surface area contributed by atoms with Gasteiger partial charge in [-0.1, -0.05) is 35.1 Å². The van der Waals surface area contributed by atoms with Crippen LogP contribution >= 0.6 is 11.3 Å². The predicted octanol–water partition coefficient (Wildman–Crippen LogP) is 3.87. The molecule has 0 saturated carbocycles. The molecule has 1 amide bonds. The van der Waals surface area contributed by atoms with E-state index >= 15 is 0 Å². The molecule has 172 valence electrons. The van der Waals surface area contributed by atoms with E-state index < -0.39 is 0 Å². The van der Waals surface area contributed by atoms with E-state index in [2.05, 4.69) is 29.5 Å². The number of rotatable bonds is 8. The fourth-order valence-electron chi connectivity index (χ4n) is 3.48. The average molecular weight is 466 g/mol. The first-order valence-corrected chi connectivity index (χ1v) is 11.3. The number of carbonyl (C=O) groups is 1. The number of hydrogen-bond acceptors (Lipinski definition) is 7. The summed E-state index contributed by atoms with van der Waals surface area (Å²) in [4.78, 5) is 19.2. The Morgan fingerprint density at radius 2 is 1.82 bits per heavy atom. The molecule has 0 aliphatic rings. The Kier molecular flexibility index (Phi) is 6.50. The first-order chi connectivity index (χ1) is 15.9. The first-order valence-electron chi connectivity index (χ1n) is 10.5. The van der Waals surface area contributed by atoms with Crippen molar-refractivity contribution in [1.82, 2.24) is 20.1 Å². The molecular formula is C24H27N5O3S. The molecule has 0 saturated heterocycles. The molecule has 4 rings (SSSR count). The monoisotopic (exact) mass is 465 g/mol. The highest BCUT2D eigenvalue weighted by Gasteiger charge is 2.18. The van der Waals surface area contributed by atoms with Crippen molar-refractivity contribution in [3.05, 3.63) is 59.3 Å². The van der Waals surface area contributed by atoms with Crippen molar-refractivity contribution < 1.29 is 14.3 Å². The molecule has 0 aliphatic carbocycles. The summed E-state index contributed by atoms with van der Waals surface area (Å²) in [5.41, 5.74) is 4.80. The number of likely N-dealkylation sites (N-methyl/N-ethyl adjacent to an activating group) is 1. The molecule has 2 heterocycles. The molecule has 8 nitrogen and oxygen atoms in total. The number of hydrogen-bond donors (Lipinski definition) is 1. The van der Waals surface area contributed by atoms with Gasteiger partial charge in [-0.3, -0.25) is 4.79 Å². The Labute approximate surface area is 196 Å². The van der Waals surface area contributed by atoms with Crippen molar-refractivity contribution in [2.24, 2.45) is 0 Å². The first kappa shape index (κ1) is 22.6. The van der Waals surface area contributed by atoms with Crippen molar-refractivity contribution in [2.75, 3.05) is 32.7 Å². The maximum absolute atomic E-state index is 12.6. The number of fused-ring (bicyclic) bond motifs is 1. The molecule has 9 heteroatoms. The minimum atomic E-state index is -0.0941. The maximum Gasteiger partial charge on any atom is 0.239 e. The second kappa shape index (κ2) is 9.50. The van der Waals surface area contributed by atoms with Crippen LogP contribution in [0, 0.1) is 13.8 Å². The van der Waals surface area contributed by atoms with Crippen LogP contribution in [0.1, 0.15) is 16.8 Å². The number of aromatic nitrogens is 3. The Hall–Kier alpha value is -3.59. The number of nitrogens with zero attached hydrogens (tertiary/aromatic N) is 4. The molecule has 2 aromatic carbocycles. The Balaban J connectivity index is 1.44. The molecule has 33 heavy (non-hydrogen) atoms. The smallest absolute Gasteiger partial charge is 0.239 e. The van der Waals surface area contributed by atoms with E-state index in [-0.39, 0.29) is 12.5 Å². The van der Waals surface area contributed by atoms with Gasteiger partial charge >= 0.3 is 0 Å². The van der Waals surface area contributed by atoms with Gasteiger partial charge in [-0.05, 0) is 43.7 Å². The van der Waals surface area contributed by atoms with E-state index in [0.29, 0.717) is 18.0 Å². The van der Waals surface area contributed by atoms with Crippen molar-refractivity contribution in [3.8, 4) is 17.2 Å². The van der Waals surface area contributed by atoms with Crippen LogP contribution in [0.5, 0.6) is 11.5 Å². The van der Waals surface area contributed by atoms with Crippen LogP contribution in [-0.4, -0.2) is 48.5 Å². The lowest BCUT2D eigenvalue weighted by Gasteiger charge is -2.15. The Morgan fingerprint density at radius 3 is 2.52 bits per heavy atom. The van der Waals surface area contributed by atoms with E-state index in [1.165, 1.54) is 16.9 Å². The zero-order valence-electron chi connectivity index (χ0n) is 19.4. The van der Waals surface area contributed by atoms with E-state index in [4.69, 9.17) is 14.5 Å². The van der Waals surface area contributed by atoms with Crippen molar-refractivity contribution in [2.45, 2.75) is 20.4 Å². The van der Waals surface area contributed by atoms with E-state index in [9.17, 15) is 4.79 Å². The van der Waals surface area contributed by atoms with Crippen LogP contribution in [0.3, 0.4) is 0 Å². The van der Waals surface area contributed by atoms with Crippen molar-refractivity contribution in [1.29, 1.82) is 0 Å². The average Bonchev–Trinajstić information content (AvgIpc) is 3.39. The van der Waals surface area contributed by atoms with Gasteiger partial charge in [0.05, 0.1) is 36.8 Å². The van der Waals surface area contributed by atoms with Crippen LogP contribution in [0.25, 0.3) is 16.0 Å². The summed E-state index contributed by atoms with van der Waals surface area (Å²) in [6, 6.07) is 13.8. The Bertz CT molecular complexity index is 1280. The summed E-state index contributed by atoms with van der Waals surface area (Å²) in [5.74, 6) is 1.19. The van der Waals surface area contributed by atoms with Gasteiger partial charge in [0.2, 0.25) is 5.91 Å². The summed E-state index contributed by atoms with van der Waals surface area (Å²) in [5, 5.41) is 8.37. The number of carbonyl (C=O) groups excluding carboxylic acids is 1. The van der Waals surface area contributed by atoms with Gasteiger partial charge in [-0.2, -0.15) is 10.1 Å². The fraction of sp³-hybridized carbons (Fsp3) is 0.292. The molecule has 4 aromatic rings. The molecule has 0 aliphatic heterocycles. The van der Waals surface area contributed by atoms with E-state index in [0.717, 1.165) is 32.4 Å². The number of thiazole rings is 1. The highest BCUT2D eigenvalue weighted by atomic mass is 32.1. The zero-order valence-corrected chi connectivity index (χ0v) is 20.2. The third-order valence-electron chi connectivity index (χ3n) is 5.30. The molecule has 0 atom stereocenters. The predicted molar refractivity (Wildman–Crippen MR) is 131 cm³/mol. The normalized spacial score (nSPS) is 10.9. The number of aryl methyl sites for hydroxylation is 2. The van der Waals surface area contributed by atoms with Gasteiger partial charge in [0.15, 0.2) is 22.3 Å². The fourth-order valence-corrected chi connectivity index (χ4v) is 4.43. The molecule has 1 N–H and O–H groups in total. The summed E-state index contributed by atoms with van der Waals surface area (Å²) in [7, 11) is 5.05. The van der Waals surface area contributed by atoms with Crippen LogP contribution in [0.15, 0.2) is 42.5 Å². The standard InChI is InChI=1S/C24H27N5O3S/c1-15-6-9-18(10-7-15)29-23-22(16(2)27-29)33-24(26-23)28(3)14-21(30)25-13-17-8-11-19(31-4)20(12-17)32-5/h6-12H,13-14H2,1-5H3,(H,25,30). The van der Waals surface area contributed by atoms with Gasteiger partial charge in [-0.25, -0.2) is 4.68 Å². The number of benzene rings is 2. The van der Waals surface area contributed by atoms with E-state index in [1.54, 1.807) is 14.2 Å². The number of amides is 1. The molecule has 0 spiro atoms. The van der Waals surface area contributed by atoms with Gasteiger partial charge in [0.25, 0.3) is 0 Å². The molecule has 2 aromatic heterocycles. The van der Waals surface area contributed by atoms with Crippen LogP contribution < -0.4 is 19.7 Å². The summed E-state index contributed by atoms with van der Waals surface area (Å²) in [6.45, 7) is 4.62. The van der Waals surface area contributed by atoms with Gasteiger partial charge in [0.1, 0.15) is 0 Å². The third kappa shape index (κ3) is 4.78. The lowest BCUT2D eigenvalue weighted by atomic mass is 10.2. The lowest BCUT2D eigenvalue weighted by Crippen LogP contribution is -2.34. The third-order valence-corrected chi connectivity index (χ3v) is 6.57. The van der Waals surface area contributed by atoms with Crippen molar-refractivity contribution in [3.63, 3.8) is 0 Å². The number of ether oxygens (including phenoxy) is 2. The van der Waals surface area contributed by atoms with Crippen LogP contribution in [0.4, 0.5) is 5.13 Å². The molecule has 0 bridgehead atoms. The highest BCUT2D eigenvalue weighted by Crippen LogP contribution is 2.32. The number of anilines is 1. The second-order valence-electron chi connectivity index (χ2n) is 7.80. The SMILES string of the molecule is COc1ccc(CNC(=O)CN(C)c2nc3c(s2)c(C)nn3-c2ccc(C)cc2)cc1OC. The summed E-state index contributed by atoms with van der Waals surface area (Å²) in [6.07, 6.45) is 0. The van der Waals surface area contributed by atoms with Crippen molar-refractivity contribution >= 4 is 32.7 Å². The largest absolute Gasteiger partial charge is 0.493 e. The summed E-state index contributed by atoms with van der Waals surface area (Å²) < 4.78 is 13.5. The van der Waals surface area contributed by atoms with E-state index in [1.807, 2.05) is 53.9 Å². The molecule has 0 fully saturated rings. The minimum absolute atomic E-state index is 0.0941.